The minimum Gasteiger partial charge on any atom is -0.468 e. The molecule has 3 N–H and O–H groups in total. The van der Waals surface area contributed by atoms with Crippen LogP contribution in [0.3, 0.4) is 0 Å². The summed E-state index contributed by atoms with van der Waals surface area (Å²) < 4.78 is 57.8. The van der Waals surface area contributed by atoms with Crippen molar-refractivity contribution in [3.63, 3.8) is 0 Å². The van der Waals surface area contributed by atoms with Crippen LogP contribution in [0.1, 0.15) is 15.9 Å². The quantitative estimate of drug-likeness (QED) is 0.320. The topological polar surface area (TPSA) is 167 Å². The van der Waals surface area contributed by atoms with E-state index in [-0.39, 0.29) is 32.4 Å². The van der Waals surface area contributed by atoms with Crippen molar-refractivity contribution in [2.45, 2.75) is 23.3 Å². The standard InChI is InChI=1S/C24H22N4O7S3/c1-15-3-9-18(10-4-15)38(33,34)27-17-7-5-16(6-8-17)23(30)26-24-28(14-22(29)35-2)20-12-11-19(37(25,31)32)13-21(20)36-24/h3-13,27H,14H2,1-2H3,(H2,25,31,32). The van der Waals surface area contributed by atoms with E-state index in [0.717, 1.165) is 16.9 Å². The minimum absolute atomic E-state index is 0.101. The number of aromatic nitrogens is 1. The molecule has 4 rings (SSSR count). The highest BCUT2D eigenvalue weighted by molar-refractivity contribution is 7.92. The van der Waals surface area contributed by atoms with Gasteiger partial charge in [0.2, 0.25) is 10.0 Å². The van der Waals surface area contributed by atoms with Gasteiger partial charge in [0.1, 0.15) is 6.54 Å². The average molecular weight is 575 g/mol. The number of nitrogens with one attached hydrogen (secondary N) is 1. The fourth-order valence-electron chi connectivity index (χ4n) is 3.43. The van der Waals surface area contributed by atoms with Crippen LogP contribution in [-0.2, 0) is 36.1 Å². The normalized spacial score (nSPS) is 12.4. The number of nitrogens with zero attached hydrogens (tertiary/aromatic N) is 2. The third-order valence-electron chi connectivity index (χ3n) is 5.41. The first kappa shape index (κ1) is 27.2. The molecule has 0 aliphatic carbocycles. The zero-order valence-electron chi connectivity index (χ0n) is 20.1. The van der Waals surface area contributed by atoms with Crippen LogP contribution in [0, 0.1) is 6.92 Å². The van der Waals surface area contributed by atoms with Crippen LogP contribution in [0.2, 0.25) is 0 Å². The maximum atomic E-state index is 12.9. The molecule has 4 aromatic rings. The van der Waals surface area contributed by atoms with E-state index in [4.69, 9.17) is 9.88 Å². The zero-order valence-corrected chi connectivity index (χ0v) is 22.6. The number of methoxy groups -OCH3 is 1. The maximum absolute atomic E-state index is 12.9. The van der Waals surface area contributed by atoms with Gasteiger partial charge < -0.3 is 9.30 Å². The highest BCUT2D eigenvalue weighted by Crippen LogP contribution is 2.22. The Morgan fingerprint density at radius 2 is 1.61 bits per heavy atom. The van der Waals surface area contributed by atoms with E-state index in [0.29, 0.717) is 10.2 Å². The molecule has 198 valence electrons. The third-order valence-corrected chi connectivity index (χ3v) is 8.76. The molecule has 1 aromatic heterocycles. The molecule has 3 aromatic carbocycles. The number of aryl methyl sites for hydroxylation is 1. The monoisotopic (exact) mass is 574 g/mol. The number of esters is 1. The molecule has 11 nitrogen and oxygen atoms in total. The first-order chi connectivity index (χ1) is 17.9. The Hall–Kier alpha value is -3.85. The Bertz CT molecular complexity index is 1820. The molecule has 0 spiro atoms. The lowest BCUT2D eigenvalue weighted by atomic mass is 10.2. The van der Waals surface area contributed by atoms with Crippen molar-refractivity contribution >= 4 is 59.2 Å². The Morgan fingerprint density at radius 3 is 2.21 bits per heavy atom. The summed E-state index contributed by atoms with van der Waals surface area (Å²) in [4.78, 5) is 29.1. The predicted molar refractivity (Wildman–Crippen MR) is 142 cm³/mol. The molecule has 0 bridgehead atoms. The highest BCUT2D eigenvalue weighted by Gasteiger charge is 2.17. The molecule has 0 unspecified atom stereocenters. The van der Waals surface area contributed by atoms with Gasteiger partial charge in [0.05, 0.1) is 27.1 Å². The number of nitrogens with two attached hydrogens (primary N) is 1. The summed E-state index contributed by atoms with van der Waals surface area (Å²) in [6, 6.07) is 16.1. The van der Waals surface area contributed by atoms with E-state index < -0.39 is 31.9 Å². The number of thiazole rings is 1. The summed E-state index contributed by atoms with van der Waals surface area (Å²) in [5, 5.41) is 5.22. The van der Waals surface area contributed by atoms with Crippen molar-refractivity contribution < 1.29 is 31.2 Å². The van der Waals surface area contributed by atoms with Gasteiger partial charge in [-0.05, 0) is 61.5 Å². The largest absolute Gasteiger partial charge is 0.468 e. The third kappa shape index (κ3) is 5.99. The number of carbonyl (C=O) groups is 2. The summed E-state index contributed by atoms with van der Waals surface area (Å²) in [5.74, 6) is -1.26. The number of carbonyl (C=O) groups excluding carboxylic acids is 2. The van der Waals surface area contributed by atoms with E-state index >= 15 is 0 Å². The first-order valence-corrected chi connectivity index (χ1v) is 14.7. The Labute approximate surface area is 222 Å². The first-order valence-electron chi connectivity index (χ1n) is 10.9. The van der Waals surface area contributed by atoms with E-state index in [2.05, 4.69) is 9.71 Å². The number of sulfonamides is 2. The lowest BCUT2D eigenvalue weighted by Crippen LogP contribution is -2.22. The summed E-state index contributed by atoms with van der Waals surface area (Å²) in [5.41, 5.74) is 1.79. The molecule has 0 atom stereocenters. The van der Waals surface area contributed by atoms with Crippen molar-refractivity contribution in [3.05, 3.63) is 82.7 Å². The smallest absolute Gasteiger partial charge is 0.325 e. The molecule has 0 fully saturated rings. The van der Waals surface area contributed by atoms with Gasteiger partial charge in [0.25, 0.3) is 15.9 Å². The van der Waals surface area contributed by atoms with Crippen LogP contribution in [0.4, 0.5) is 5.69 Å². The number of hydrogen-bond acceptors (Lipinski definition) is 8. The Morgan fingerprint density at radius 1 is 0.974 bits per heavy atom. The van der Waals surface area contributed by atoms with Gasteiger partial charge >= 0.3 is 5.97 Å². The number of benzene rings is 3. The van der Waals surface area contributed by atoms with Gasteiger partial charge in [-0.25, -0.2) is 22.0 Å². The number of rotatable bonds is 7. The van der Waals surface area contributed by atoms with E-state index in [1.54, 1.807) is 12.1 Å². The molecule has 38 heavy (non-hydrogen) atoms. The van der Waals surface area contributed by atoms with Gasteiger partial charge in [-0.1, -0.05) is 29.0 Å². The fraction of sp³-hybridized carbons (Fsp3) is 0.125. The Balaban J connectivity index is 1.66. The molecule has 0 aliphatic heterocycles. The van der Waals surface area contributed by atoms with Crippen molar-refractivity contribution in [1.82, 2.24) is 4.57 Å². The summed E-state index contributed by atoms with van der Waals surface area (Å²) in [7, 11) is -6.57. The lowest BCUT2D eigenvalue weighted by molar-refractivity contribution is -0.141. The van der Waals surface area contributed by atoms with Crippen LogP contribution in [0.15, 0.2) is 81.5 Å². The van der Waals surface area contributed by atoms with E-state index in [1.807, 2.05) is 6.92 Å². The number of fused-ring (bicyclic) bond motifs is 1. The molecule has 1 heterocycles. The van der Waals surface area contributed by atoms with Crippen molar-refractivity contribution in [3.8, 4) is 0 Å². The molecule has 0 radical (unpaired) electrons. The fourth-order valence-corrected chi connectivity index (χ4v) is 6.17. The SMILES string of the molecule is COC(=O)Cn1c(=NC(=O)c2ccc(NS(=O)(=O)c3ccc(C)cc3)cc2)sc2cc(S(N)(=O)=O)ccc21. The van der Waals surface area contributed by atoms with Crippen molar-refractivity contribution in [2.75, 3.05) is 11.8 Å². The second kappa shape index (κ2) is 10.5. The molecule has 14 heteroatoms. The second-order valence-electron chi connectivity index (χ2n) is 8.13. The van der Waals surface area contributed by atoms with Crippen molar-refractivity contribution in [2.24, 2.45) is 10.1 Å². The second-order valence-corrected chi connectivity index (χ2v) is 12.4. The molecule has 0 saturated heterocycles. The number of ether oxygens (including phenoxy) is 1. The van der Waals surface area contributed by atoms with Crippen LogP contribution in [0.5, 0.6) is 0 Å². The lowest BCUT2D eigenvalue weighted by Gasteiger charge is -2.08. The number of amides is 1. The van der Waals surface area contributed by atoms with Crippen molar-refractivity contribution in [1.29, 1.82) is 0 Å². The van der Waals surface area contributed by atoms with Crippen LogP contribution < -0.4 is 14.7 Å². The van der Waals surface area contributed by atoms with Crippen LogP contribution >= 0.6 is 11.3 Å². The van der Waals surface area contributed by atoms with Crippen LogP contribution in [-0.4, -0.2) is 40.4 Å². The van der Waals surface area contributed by atoms with Gasteiger partial charge in [-0.15, -0.1) is 0 Å². The number of hydrogen-bond donors (Lipinski definition) is 2. The van der Waals surface area contributed by atoms with Gasteiger partial charge in [-0.3, -0.25) is 14.3 Å². The predicted octanol–water partition coefficient (Wildman–Crippen LogP) is 2.37. The summed E-state index contributed by atoms with van der Waals surface area (Å²) in [6.45, 7) is 1.58. The van der Waals surface area contributed by atoms with Crippen LogP contribution in [0.25, 0.3) is 10.2 Å². The van der Waals surface area contributed by atoms with Gasteiger partial charge in [-0.2, -0.15) is 4.99 Å². The highest BCUT2D eigenvalue weighted by atomic mass is 32.2. The molecule has 1 amide bonds. The molecular weight excluding hydrogens is 552 g/mol. The zero-order chi connectivity index (χ0) is 27.7. The Kier molecular flexibility index (Phi) is 7.51. The van der Waals surface area contributed by atoms with Gasteiger partial charge in [0.15, 0.2) is 4.80 Å². The molecule has 0 aliphatic rings. The summed E-state index contributed by atoms with van der Waals surface area (Å²) in [6.07, 6.45) is 0. The molecular formula is C24H22N4O7S3. The van der Waals surface area contributed by atoms with Gasteiger partial charge in [0, 0.05) is 11.3 Å². The van der Waals surface area contributed by atoms with E-state index in [9.17, 15) is 26.4 Å². The number of anilines is 1. The average Bonchev–Trinajstić information content (AvgIpc) is 3.19. The minimum atomic E-state index is -3.97. The van der Waals surface area contributed by atoms with E-state index in [1.165, 1.54) is 66.3 Å². The maximum Gasteiger partial charge on any atom is 0.325 e. The molecule has 0 saturated carbocycles. The summed E-state index contributed by atoms with van der Waals surface area (Å²) >= 11 is 0.995. The number of primary sulfonamides is 1.